The molecule has 0 radical (unpaired) electrons. The van der Waals surface area contributed by atoms with Gasteiger partial charge in [-0.25, -0.2) is 0 Å². The van der Waals surface area contributed by atoms with Crippen molar-refractivity contribution in [2.75, 3.05) is 6.54 Å². The van der Waals surface area contributed by atoms with Gasteiger partial charge in [0.25, 0.3) is 0 Å². The van der Waals surface area contributed by atoms with Gasteiger partial charge in [-0.05, 0) is 54.3 Å². The summed E-state index contributed by atoms with van der Waals surface area (Å²) in [7, 11) is 0. The van der Waals surface area contributed by atoms with Crippen molar-refractivity contribution in [2.45, 2.75) is 45.1 Å². The van der Waals surface area contributed by atoms with E-state index in [4.69, 9.17) is 0 Å². The molecule has 1 aromatic heterocycles. The number of rotatable bonds is 11. The monoisotopic (exact) mass is 449 g/mol. The van der Waals surface area contributed by atoms with Crippen LogP contribution in [0.4, 0.5) is 0 Å². The first-order valence-corrected chi connectivity index (χ1v) is 11.0. The number of carbonyl (C=O) groups is 1. The molecule has 7 heteroatoms. The summed E-state index contributed by atoms with van der Waals surface area (Å²) >= 11 is 0. The van der Waals surface area contributed by atoms with Crippen LogP contribution in [0.15, 0.2) is 66.9 Å². The smallest absolute Gasteiger partial charge is 0.224 e. The Morgan fingerprint density at radius 1 is 1.06 bits per heavy atom. The maximum atomic E-state index is 12.3. The Balaban J connectivity index is 1.47. The van der Waals surface area contributed by atoms with Crippen LogP contribution in [0.1, 0.15) is 41.0 Å². The first-order valence-electron chi connectivity index (χ1n) is 11.0. The van der Waals surface area contributed by atoms with E-state index < -0.39 is 6.10 Å². The van der Waals surface area contributed by atoms with Gasteiger partial charge in [0.05, 0.1) is 31.4 Å². The van der Waals surface area contributed by atoms with Gasteiger partial charge in [0, 0.05) is 24.3 Å². The standard InChI is InChI=1S/C26H31N3O4/c1-18(28-16-25(32)21-8-9-24(31)22(14-21)17-30)11-19-5-4-6-20(12-19)13-26(33)29-15-23-7-2-3-10-27-23/h2-10,12,14,18,25,28,30-32H,11,13,15-17H2,1H3,(H,29,33)/t18-,25+/m1/s1. The fourth-order valence-corrected chi connectivity index (χ4v) is 3.60. The number of hydrogen-bond acceptors (Lipinski definition) is 6. The molecule has 0 aliphatic heterocycles. The quantitative estimate of drug-likeness (QED) is 0.307. The second-order valence-electron chi connectivity index (χ2n) is 8.17. The van der Waals surface area contributed by atoms with Crippen molar-refractivity contribution in [3.8, 4) is 5.75 Å². The van der Waals surface area contributed by atoms with Crippen LogP contribution in [-0.2, 0) is 30.8 Å². The first-order chi connectivity index (χ1) is 15.9. The highest BCUT2D eigenvalue weighted by Crippen LogP contribution is 2.22. The third kappa shape index (κ3) is 7.68. The molecule has 33 heavy (non-hydrogen) atoms. The highest BCUT2D eigenvalue weighted by Gasteiger charge is 2.13. The van der Waals surface area contributed by atoms with Gasteiger partial charge in [0.2, 0.25) is 5.91 Å². The van der Waals surface area contributed by atoms with Crippen molar-refractivity contribution in [1.29, 1.82) is 0 Å². The Bertz CT molecular complexity index is 1040. The van der Waals surface area contributed by atoms with Gasteiger partial charge >= 0.3 is 0 Å². The van der Waals surface area contributed by atoms with E-state index in [0.29, 0.717) is 30.6 Å². The number of aromatic nitrogens is 1. The van der Waals surface area contributed by atoms with Crippen LogP contribution in [0.3, 0.4) is 0 Å². The van der Waals surface area contributed by atoms with Gasteiger partial charge in [-0.2, -0.15) is 0 Å². The lowest BCUT2D eigenvalue weighted by molar-refractivity contribution is -0.120. The summed E-state index contributed by atoms with van der Waals surface area (Å²) in [5.74, 6) is -0.0386. The Morgan fingerprint density at radius 3 is 2.64 bits per heavy atom. The molecule has 0 saturated carbocycles. The zero-order chi connectivity index (χ0) is 23.6. The maximum Gasteiger partial charge on any atom is 0.224 e. The molecule has 0 spiro atoms. The lowest BCUT2D eigenvalue weighted by Gasteiger charge is -2.18. The molecule has 1 heterocycles. The number of aromatic hydroxyl groups is 1. The highest BCUT2D eigenvalue weighted by atomic mass is 16.3. The average molecular weight is 450 g/mol. The number of aliphatic hydroxyl groups excluding tert-OH is 2. The van der Waals surface area contributed by atoms with E-state index in [1.54, 1.807) is 18.3 Å². The Morgan fingerprint density at radius 2 is 1.88 bits per heavy atom. The van der Waals surface area contributed by atoms with E-state index in [2.05, 4.69) is 15.6 Å². The minimum atomic E-state index is -0.757. The van der Waals surface area contributed by atoms with Gasteiger partial charge < -0.3 is 26.0 Å². The van der Waals surface area contributed by atoms with Gasteiger partial charge in [-0.3, -0.25) is 9.78 Å². The first kappa shape index (κ1) is 24.4. The molecular formula is C26H31N3O4. The molecular weight excluding hydrogens is 418 g/mol. The largest absolute Gasteiger partial charge is 0.508 e. The summed E-state index contributed by atoms with van der Waals surface area (Å²) in [5.41, 5.74) is 3.89. The number of nitrogens with one attached hydrogen (secondary N) is 2. The van der Waals surface area contributed by atoms with Gasteiger partial charge in [-0.1, -0.05) is 36.4 Å². The zero-order valence-electron chi connectivity index (χ0n) is 18.7. The second kappa shape index (κ2) is 12.1. The van der Waals surface area contributed by atoms with Gasteiger partial charge in [-0.15, -0.1) is 0 Å². The van der Waals surface area contributed by atoms with Gasteiger partial charge in [0.15, 0.2) is 0 Å². The van der Waals surface area contributed by atoms with Crippen molar-refractivity contribution in [2.24, 2.45) is 0 Å². The Hall–Kier alpha value is -3.26. The molecule has 5 N–H and O–H groups in total. The molecule has 0 aliphatic rings. The minimum Gasteiger partial charge on any atom is -0.508 e. The zero-order valence-corrected chi connectivity index (χ0v) is 18.7. The Kier molecular flexibility index (Phi) is 8.95. The molecule has 2 aromatic carbocycles. The minimum absolute atomic E-state index is 0.0140. The van der Waals surface area contributed by atoms with Crippen molar-refractivity contribution in [1.82, 2.24) is 15.6 Å². The SMILES string of the molecule is C[C@H](Cc1cccc(CC(=O)NCc2ccccn2)c1)NC[C@H](O)c1ccc(O)c(CO)c1. The summed E-state index contributed by atoms with van der Waals surface area (Å²) in [6.45, 7) is 2.50. The van der Waals surface area contributed by atoms with Crippen molar-refractivity contribution in [3.05, 3.63) is 94.8 Å². The number of carbonyl (C=O) groups excluding carboxylic acids is 1. The third-order valence-corrected chi connectivity index (χ3v) is 5.41. The number of amides is 1. The molecule has 174 valence electrons. The third-order valence-electron chi connectivity index (χ3n) is 5.41. The predicted octanol–water partition coefficient (Wildman–Crippen LogP) is 2.39. The van der Waals surface area contributed by atoms with Crippen molar-refractivity contribution >= 4 is 5.91 Å². The average Bonchev–Trinajstić information content (AvgIpc) is 2.82. The van der Waals surface area contributed by atoms with Crippen molar-refractivity contribution < 1.29 is 20.1 Å². The van der Waals surface area contributed by atoms with E-state index in [-0.39, 0.29) is 24.3 Å². The molecule has 0 fully saturated rings. The maximum absolute atomic E-state index is 12.3. The fraction of sp³-hybridized carbons (Fsp3) is 0.308. The van der Waals surface area contributed by atoms with E-state index in [9.17, 15) is 20.1 Å². The number of phenols is 1. The van der Waals surface area contributed by atoms with Crippen molar-refractivity contribution in [3.63, 3.8) is 0 Å². The van der Waals surface area contributed by atoms with Crippen LogP contribution in [-0.4, -0.2) is 38.8 Å². The van der Waals surface area contributed by atoms with Crippen LogP contribution in [0.5, 0.6) is 5.75 Å². The van der Waals surface area contributed by atoms with Gasteiger partial charge in [0.1, 0.15) is 5.75 Å². The summed E-state index contributed by atoms with van der Waals surface area (Å²) in [6.07, 6.45) is 1.99. The lowest BCUT2D eigenvalue weighted by Crippen LogP contribution is -2.32. The fourth-order valence-electron chi connectivity index (χ4n) is 3.60. The summed E-state index contributed by atoms with van der Waals surface area (Å²) < 4.78 is 0. The summed E-state index contributed by atoms with van der Waals surface area (Å²) in [4.78, 5) is 16.5. The number of pyridine rings is 1. The van der Waals surface area contributed by atoms with E-state index in [0.717, 1.165) is 23.2 Å². The lowest BCUT2D eigenvalue weighted by atomic mass is 10.0. The molecule has 0 bridgehead atoms. The molecule has 1 amide bonds. The summed E-state index contributed by atoms with van der Waals surface area (Å²) in [5, 5.41) is 35.6. The molecule has 0 saturated heterocycles. The molecule has 7 nitrogen and oxygen atoms in total. The normalized spacial score (nSPS) is 12.8. The van der Waals surface area contributed by atoms with Crippen LogP contribution in [0.2, 0.25) is 0 Å². The van der Waals surface area contributed by atoms with Crippen LogP contribution in [0, 0.1) is 0 Å². The predicted molar refractivity (Wildman–Crippen MR) is 126 cm³/mol. The number of nitrogens with zero attached hydrogens (tertiary/aromatic N) is 1. The Labute approximate surface area is 194 Å². The van der Waals surface area contributed by atoms with E-state index in [1.807, 2.05) is 49.4 Å². The highest BCUT2D eigenvalue weighted by molar-refractivity contribution is 5.78. The molecule has 0 aliphatic carbocycles. The van der Waals surface area contributed by atoms with Crippen LogP contribution >= 0.6 is 0 Å². The number of aliphatic hydroxyl groups is 2. The van der Waals surface area contributed by atoms with Crippen LogP contribution in [0.25, 0.3) is 0 Å². The number of benzene rings is 2. The van der Waals surface area contributed by atoms with Crippen LogP contribution < -0.4 is 10.6 Å². The second-order valence-corrected chi connectivity index (χ2v) is 8.17. The topological polar surface area (TPSA) is 115 Å². The van der Waals surface area contributed by atoms with E-state index >= 15 is 0 Å². The van der Waals surface area contributed by atoms with E-state index in [1.165, 1.54) is 6.07 Å². The number of hydrogen-bond donors (Lipinski definition) is 5. The summed E-state index contributed by atoms with van der Waals surface area (Å²) in [6, 6.07) is 18.4. The molecule has 3 aromatic rings. The molecule has 2 atom stereocenters. The molecule has 3 rings (SSSR count). The molecule has 0 unspecified atom stereocenters.